The van der Waals surface area contributed by atoms with Crippen LogP contribution in [-0.2, 0) is 4.79 Å². The Bertz CT molecular complexity index is 441. The van der Waals surface area contributed by atoms with Crippen molar-refractivity contribution in [2.45, 2.75) is 32.2 Å². The lowest BCUT2D eigenvalue weighted by atomic mass is 9.92. The molecule has 1 aromatic rings. The van der Waals surface area contributed by atoms with Crippen LogP contribution in [0.15, 0.2) is 24.3 Å². The molecule has 0 fully saturated rings. The molecule has 0 unspecified atom stereocenters. The summed E-state index contributed by atoms with van der Waals surface area (Å²) in [6.07, 6.45) is 1.28. The summed E-state index contributed by atoms with van der Waals surface area (Å²) in [5, 5.41) is 0. The number of carbonyl (C=O) groups is 1. The van der Waals surface area contributed by atoms with Crippen molar-refractivity contribution < 1.29 is 9.53 Å². The Morgan fingerprint density at radius 1 is 1.39 bits per heavy atom. The van der Waals surface area contributed by atoms with E-state index in [1.165, 1.54) is 0 Å². The highest BCUT2D eigenvalue weighted by Crippen LogP contribution is 2.32. The van der Waals surface area contributed by atoms with E-state index in [-0.39, 0.29) is 5.91 Å². The molecule has 0 spiro atoms. The van der Waals surface area contributed by atoms with Gasteiger partial charge in [0.25, 0.3) is 0 Å². The fourth-order valence-corrected chi connectivity index (χ4v) is 2.20. The fourth-order valence-electron chi connectivity index (χ4n) is 2.20. The average molecular weight is 248 g/mol. The molecule has 0 aliphatic carbocycles. The number of nitrogens with zero attached hydrogens (tertiary/aromatic N) is 1. The van der Waals surface area contributed by atoms with Crippen LogP contribution in [0, 0.1) is 0 Å². The summed E-state index contributed by atoms with van der Waals surface area (Å²) in [6.45, 7) is 4.99. The van der Waals surface area contributed by atoms with Gasteiger partial charge in [-0.25, -0.2) is 0 Å². The Balaban J connectivity index is 2.33. The van der Waals surface area contributed by atoms with Crippen LogP contribution >= 0.6 is 0 Å². The van der Waals surface area contributed by atoms with Gasteiger partial charge in [-0.15, -0.1) is 0 Å². The van der Waals surface area contributed by atoms with Crippen LogP contribution in [0.5, 0.6) is 5.75 Å². The predicted octanol–water partition coefficient (Wildman–Crippen LogP) is 1.93. The van der Waals surface area contributed by atoms with Crippen molar-refractivity contribution in [2.75, 3.05) is 18.1 Å². The lowest BCUT2D eigenvalue weighted by Crippen LogP contribution is -2.56. The minimum atomic E-state index is -0.773. The number of benzene rings is 1. The lowest BCUT2D eigenvalue weighted by Gasteiger charge is -2.36. The van der Waals surface area contributed by atoms with Crippen LogP contribution in [0.3, 0.4) is 0 Å². The van der Waals surface area contributed by atoms with E-state index < -0.39 is 5.54 Å². The summed E-state index contributed by atoms with van der Waals surface area (Å²) in [7, 11) is 0. The van der Waals surface area contributed by atoms with E-state index in [1.54, 1.807) is 4.90 Å². The second-order valence-corrected chi connectivity index (χ2v) is 4.64. The summed E-state index contributed by atoms with van der Waals surface area (Å²) >= 11 is 0. The number of nitrogens with two attached hydrogens (primary N) is 1. The van der Waals surface area contributed by atoms with Gasteiger partial charge >= 0.3 is 0 Å². The summed E-state index contributed by atoms with van der Waals surface area (Å²) in [6, 6.07) is 7.59. The fraction of sp³-hybridized carbons (Fsp3) is 0.500. The minimum Gasteiger partial charge on any atom is -0.490 e. The Morgan fingerprint density at radius 3 is 2.72 bits per heavy atom. The van der Waals surface area contributed by atoms with Gasteiger partial charge < -0.3 is 15.4 Å². The molecular weight excluding hydrogens is 228 g/mol. The molecule has 1 heterocycles. The molecule has 1 amide bonds. The number of anilines is 1. The Hall–Kier alpha value is -1.55. The first kappa shape index (κ1) is 12.9. The van der Waals surface area contributed by atoms with E-state index in [0.717, 1.165) is 11.4 Å². The van der Waals surface area contributed by atoms with Crippen LogP contribution in [0.4, 0.5) is 5.69 Å². The quantitative estimate of drug-likeness (QED) is 0.889. The van der Waals surface area contributed by atoms with Gasteiger partial charge in [-0.05, 0) is 25.0 Å². The topological polar surface area (TPSA) is 55.6 Å². The van der Waals surface area contributed by atoms with Crippen molar-refractivity contribution in [2.24, 2.45) is 5.73 Å². The molecule has 0 radical (unpaired) electrons. The van der Waals surface area contributed by atoms with Gasteiger partial charge in [0.2, 0.25) is 5.91 Å². The zero-order valence-corrected chi connectivity index (χ0v) is 11.0. The molecule has 0 aromatic heterocycles. The van der Waals surface area contributed by atoms with Crippen LogP contribution in [0.1, 0.15) is 26.7 Å². The molecule has 2 rings (SSSR count). The molecule has 1 aliphatic rings. The zero-order valence-electron chi connectivity index (χ0n) is 11.0. The molecule has 18 heavy (non-hydrogen) atoms. The monoisotopic (exact) mass is 248 g/mol. The van der Waals surface area contributed by atoms with E-state index in [2.05, 4.69) is 0 Å². The smallest absolute Gasteiger partial charge is 0.247 e. The zero-order chi connectivity index (χ0) is 13.2. The third-order valence-corrected chi connectivity index (χ3v) is 3.66. The van der Waals surface area contributed by atoms with Crippen molar-refractivity contribution in [3.63, 3.8) is 0 Å². The van der Waals surface area contributed by atoms with Crippen molar-refractivity contribution in [3.8, 4) is 5.75 Å². The molecule has 0 saturated heterocycles. The van der Waals surface area contributed by atoms with Crippen LogP contribution in [-0.4, -0.2) is 24.6 Å². The standard InChI is InChI=1S/C14H20N2O2/c1-3-14(15,4-2)13(17)16-9-10-18-12-8-6-5-7-11(12)16/h5-8H,3-4,9-10,15H2,1-2H3. The van der Waals surface area contributed by atoms with Gasteiger partial charge in [-0.1, -0.05) is 26.0 Å². The third-order valence-electron chi connectivity index (χ3n) is 3.66. The van der Waals surface area contributed by atoms with Crippen molar-refractivity contribution >= 4 is 11.6 Å². The van der Waals surface area contributed by atoms with Crippen LogP contribution in [0.25, 0.3) is 0 Å². The summed E-state index contributed by atoms with van der Waals surface area (Å²) < 4.78 is 5.55. The summed E-state index contributed by atoms with van der Waals surface area (Å²) in [5.41, 5.74) is 6.25. The first-order chi connectivity index (χ1) is 8.62. The second kappa shape index (κ2) is 4.98. The number of fused-ring (bicyclic) bond motifs is 1. The maximum absolute atomic E-state index is 12.6. The molecule has 4 nitrogen and oxygen atoms in total. The van der Waals surface area contributed by atoms with Gasteiger partial charge in [0.1, 0.15) is 12.4 Å². The molecule has 0 bridgehead atoms. The maximum atomic E-state index is 12.6. The average Bonchev–Trinajstić information content (AvgIpc) is 2.45. The Kier molecular flexibility index (Phi) is 3.57. The first-order valence-electron chi connectivity index (χ1n) is 6.45. The first-order valence-corrected chi connectivity index (χ1v) is 6.45. The number of para-hydroxylation sites is 2. The van der Waals surface area contributed by atoms with E-state index in [9.17, 15) is 4.79 Å². The molecule has 1 aromatic carbocycles. The van der Waals surface area contributed by atoms with E-state index in [4.69, 9.17) is 10.5 Å². The van der Waals surface area contributed by atoms with Crippen molar-refractivity contribution in [1.29, 1.82) is 0 Å². The summed E-state index contributed by atoms with van der Waals surface area (Å²) in [4.78, 5) is 14.3. The number of carbonyl (C=O) groups excluding carboxylic acids is 1. The molecule has 1 aliphatic heterocycles. The highest BCUT2D eigenvalue weighted by molar-refractivity contribution is 6.01. The van der Waals surface area contributed by atoms with Gasteiger partial charge in [0.05, 0.1) is 17.8 Å². The number of hydrogen-bond donors (Lipinski definition) is 1. The highest BCUT2D eigenvalue weighted by atomic mass is 16.5. The lowest BCUT2D eigenvalue weighted by molar-refractivity contribution is -0.124. The third kappa shape index (κ3) is 2.08. The molecule has 98 valence electrons. The van der Waals surface area contributed by atoms with Crippen LogP contribution in [0.2, 0.25) is 0 Å². The largest absolute Gasteiger partial charge is 0.490 e. The Morgan fingerprint density at radius 2 is 2.06 bits per heavy atom. The van der Waals surface area contributed by atoms with E-state index in [0.29, 0.717) is 26.0 Å². The molecule has 2 N–H and O–H groups in total. The normalized spacial score (nSPS) is 14.9. The van der Waals surface area contributed by atoms with Crippen molar-refractivity contribution in [3.05, 3.63) is 24.3 Å². The molecule has 4 heteroatoms. The van der Waals surface area contributed by atoms with Gasteiger partial charge in [0, 0.05) is 0 Å². The van der Waals surface area contributed by atoms with Gasteiger partial charge in [-0.2, -0.15) is 0 Å². The number of rotatable bonds is 3. The predicted molar refractivity (Wildman–Crippen MR) is 71.8 cm³/mol. The molecule has 0 saturated carbocycles. The van der Waals surface area contributed by atoms with Crippen molar-refractivity contribution in [1.82, 2.24) is 0 Å². The number of ether oxygens (including phenoxy) is 1. The minimum absolute atomic E-state index is 0.0109. The SMILES string of the molecule is CCC(N)(CC)C(=O)N1CCOc2ccccc21. The Labute approximate surface area is 108 Å². The van der Waals surface area contributed by atoms with Gasteiger partial charge in [-0.3, -0.25) is 4.79 Å². The molecule has 0 atom stereocenters. The van der Waals surface area contributed by atoms with Gasteiger partial charge in [0.15, 0.2) is 0 Å². The number of hydrogen-bond acceptors (Lipinski definition) is 3. The second-order valence-electron chi connectivity index (χ2n) is 4.64. The molecular formula is C14H20N2O2. The summed E-state index contributed by atoms with van der Waals surface area (Å²) in [5.74, 6) is 0.745. The number of amides is 1. The van der Waals surface area contributed by atoms with Crippen LogP contribution < -0.4 is 15.4 Å². The van der Waals surface area contributed by atoms with E-state index >= 15 is 0 Å². The maximum Gasteiger partial charge on any atom is 0.247 e. The van der Waals surface area contributed by atoms with E-state index in [1.807, 2.05) is 38.1 Å². The highest BCUT2D eigenvalue weighted by Gasteiger charge is 2.36.